The molecule has 0 aromatic rings. The SMILES string of the molecule is N#CCCCCNC(=O)C1(N)CCC1. The molecule has 1 amide bonds. The molecule has 4 nitrogen and oxygen atoms in total. The van der Waals surface area contributed by atoms with Crippen LogP contribution in [-0.4, -0.2) is 18.0 Å². The Balaban J connectivity index is 2.07. The van der Waals surface area contributed by atoms with Crippen molar-refractivity contribution in [1.29, 1.82) is 5.26 Å². The Labute approximate surface area is 84.5 Å². The summed E-state index contributed by atoms with van der Waals surface area (Å²) in [6.45, 7) is 0.638. The molecule has 1 saturated carbocycles. The van der Waals surface area contributed by atoms with Crippen LogP contribution in [0.15, 0.2) is 0 Å². The van der Waals surface area contributed by atoms with E-state index in [2.05, 4.69) is 11.4 Å². The largest absolute Gasteiger partial charge is 0.355 e. The maximum atomic E-state index is 11.5. The predicted octanol–water partition coefficient (Wildman–Crippen LogP) is 0.678. The molecule has 3 N–H and O–H groups in total. The third-order valence-electron chi connectivity index (χ3n) is 2.70. The van der Waals surface area contributed by atoms with E-state index in [-0.39, 0.29) is 5.91 Å². The van der Waals surface area contributed by atoms with Gasteiger partial charge in [0, 0.05) is 13.0 Å². The molecule has 0 unspecified atom stereocenters. The maximum absolute atomic E-state index is 11.5. The normalized spacial score (nSPS) is 18.0. The van der Waals surface area contributed by atoms with Gasteiger partial charge in [-0.25, -0.2) is 0 Å². The number of hydrogen-bond acceptors (Lipinski definition) is 3. The molecular weight excluding hydrogens is 178 g/mol. The van der Waals surface area contributed by atoms with Crippen LogP contribution in [0, 0.1) is 11.3 Å². The van der Waals surface area contributed by atoms with Gasteiger partial charge in [0.2, 0.25) is 5.91 Å². The van der Waals surface area contributed by atoms with Crippen LogP contribution >= 0.6 is 0 Å². The molecule has 0 atom stereocenters. The molecular formula is C10H17N3O. The van der Waals surface area contributed by atoms with Gasteiger partial charge in [0.25, 0.3) is 0 Å². The fraction of sp³-hybridized carbons (Fsp3) is 0.800. The third kappa shape index (κ3) is 2.71. The number of carbonyl (C=O) groups is 1. The zero-order valence-corrected chi connectivity index (χ0v) is 8.38. The summed E-state index contributed by atoms with van der Waals surface area (Å²) in [5, 5.41) is 11.1. The summed E-state index contributed by atoms with van der Waals surface area (Å²) in [5.41, 5.74) is 5.23. The summed E-state index contributed by atoms with van der Waals surface area (Å²) in [4.78, 5) is 11.5. The molecule has 0 heterocycles. The Bertz CT molecular complexity index is 240. The number of carbonyl (C=O) groups excluding carboxylic acids is 1. The van der Waals surface area contributed by atoms with Gasteiger partial charge in [-0.2, -0.15) is 5.26 Å². The third-order valence-corrected chi connectivity index (χ3v) is 2.70. The molecule has 1 aliphatic carbocycles. The number of unbranched alkanes of at least 4 members (excludes halogenated alkanes) is 2. The highest BCUT2D eigenvalue weighted by molar-refractivity contribution is 5.86. The van der Waals surface area contributed by atoms with Gasteiger partial charge in [0.1, 0.15) is 0 Å². The second kappa shape index (κ2) is 4.97. The average Bonchev–Trinajstić information content (AvgIpc) is 2.13. The van der Waals surface area contributed by atoms with Crippen molar-refractivity contribution in [3.8, 4) is 6.07 Å². The monoisotopic (exact) mass is 195 g/mol. The molecule has 0 aromatic heterocycles. The van der Waals surface area contributed by atoms with E-state index in [0.717, 1.165) is 32.1 Å². The molecule has 0 aliphatic heterocycles. The lowest BCUT2D eigenvalue weighted by Crippen LogP contribution is -2.58. The van der Waals surface area contributed by atoms with Crippen molar-refractivity contribution in [1.82, 2.24) is 5.32 Å². The van der Waals surface area contributed by atoms with Crippen molar-refractivity contribution in [3.63, 3.8) is 0 Å². The van der Waals surface area contributed by atoms with Gasteiger partial charge < -0.3 is 11.1 Å². The van der Waals surface area contributed by atoms with Crippen molar-refractivity contribution in [2.75, 3.05) is 6.54 Å². The molecule has 0 spiro atoms. The average molecular weight is 195 g/mol. The van der Waals surface area contributed by atoms with E-state index < -0.39 is 5.54 Å². The van der Waals surface area contributed by atoms with Gasteiger partial charge in [-0.05, 0) is 32.1 Å². The number of hydrogen-bond donors (Lipinski definition) is 2. The summed E-state index contributed by atoms with van der Waals surface area (Å²) in [7, 11) is 0. The highest BCUT2D eigenvalue weighted by Crippen LogP contribution is 2.28. The lowest BCUT2D eigenvalue weighted by molar-refractivity contribution is -0.129. The second-order valence-electron chi connectivity index (χ2n) is 3.88. The quantitative estimate of drug-likeness (QED) is 0.633. The summed E-state index contributed by atoms with van der Waals surface area (Å²) in [5.74, 6) is -0.0271. The highest BCUT2D eigenvalue weighted by Gasteiger charge is 2.39. The molecule has 0 aromatic carbocycles. The van der Waals surface area contributed by atoms with E-state index >= 15 is 0 Å². The molecule has 78 valence electrons. The molecule has 1 fully saturated rings. The Hall–Kier alpha value is -1.08. The van der Waals surface area contributed by atoms with Crippen molar-refractivity contribution >= 4 is 5.91 Å². The van der Waals surface area contributed by atoms with Crippen LogP contribution in [0.25, 0.3) is 0 Å². The Kier molecular flexibility index (Phi) is 3.90. The van der Waals surface area contributed by atoms with Crippen LogP contribution in [0.2, 0.25) is 0 Å². The van der Waals surface area contributed by atoms with Gasteiger partial charge in [0.15, 0.2) is 0 Å². The topological polar surface area (TPSA) is 78.9 Å². The van der Waals surface area contributed by atoms with E-state index in [4.69, 9.17) is 11.0 Å². The van der Waals surface area contributed by atoms with Crippen molar-refractivity contribution in [3.05, 3.63) is 0 Å². The molecule has 1 rings (SSSR count). The lowest BCUT2D eigenvalue weighted by atomic mass is 9.77. The van der Waals surface area contributed by atoms with Crippen molar-refractivity contribution in [2.45, 2.75) is 44.1 Å². The smallest absolute Gasteiger partial charge is 0.240 e. The first-order chi connectivity index (χ1) is 6.69. The number of nitrogens with one attached hydrogen (secondary N) is 1. The van der Waals surface area contributed by atoms with Crippen LogP contribution in [0.5, 0.6) is 0 Å². The van der Waals surface area contributed by atoms with E-state index in [0.29, 0.717) is 13.0 Å². The Morgan fingerprint density at radius 3 is 2.71 bits per heavy atom. The summed E-state index contributed by atoms with van der Waals surface area (Å²) in [6, 6.07) is 2.07. The number of amides is 1. The van der Waals surface area contributed by atoms with Gasteiger partial charge in [0.05, 0.1) is 11.6 Å². The van der Waals surface area contributed by atoms with Gasteiger partial charge in [-0.1, -0.05) is 0 Å². The first-order valence-electron chi connectivity index (χ1n) is 5.13. The van der Waals surface area contributed by atoms with E-state index in [9.17, 15) is 4.79 Å². The molecule has 1 aliphatic rings. The van der Waals surface area contributed by atoms with Crippen molar-refractivity contribution in [2.24, 2.45) is 5.73 Å². The molecule has 4 heteroatoms. The van der Waals surface area contributed by atoms with E-state index in [1.807, 2.05) is 0 Å². The van der Waals surface area contributed by atoms with Gasteiger partial charge in [-0.15, -0.1) is 0 Å². The molecule has 0 saturated heterocycles. The standard InChI is InChI=1S/C10H17N3O/c11-7-2-1-3-8-13-9(14)10(12)5-4-6-10/h1-6,8,12H2,(H,13,14). The van der Waals surface area contributed by atoms with E-state index in [1.165, 1.54) is 0 Å². The first kappa shape index (κ1) is 11.0. The Morgan fingerprint density at radius 1 is 1.50 bits per heavy atom. The number of nitrogens with two attached hydrogens (primary N) is 1. The zero-order chi connectivity index (χ0) is 10.4. The molecule has 0 bridgehead atoms. The van der Waals surface area contributed by atoms with Crippen LogP contribution in [-0.2, 0) is 4.79 Å². The highest BCUT2D eigenvalue weighted by atomic mass is 16.2. The second-order valence-corrected chi connectivity index (χ2v) is 3.88. The maximum Gasteiger partial charge on any atom is 0.240 e. The first-order valence-corrected chi connectivity index (χ1v) is 5.13. The minimum Gasteiger partial charge on any atom is -0.355 e. The zero-order valence-electron chi connectivity index (χ0n) is 8.38. The Morgan fingerprint density at radius 2 is 2.21 bits per heavy atom. The number of nitriles is 1. The number of nitrogens with zero attached hydrogens (tertiary/aromatic N) is 1. The summed E-state index contributed by atoms with van der Waals surface area (Å²) in [6.07, 6.45) is 4.92. The van der Waals surface area contributed by atoms with Crippen molar-refractivity contribution < 1.29 is 4.79 Å². The fourth-order valence-corrected chi connectivity index (χ4v) is 1.49. The minimum absolute atomic E-state index is 0.0271. The van der Waals surface area contributed by atoms with Gasteiger partial charge in [-0.3, -0.25) is 4.79 Å². The number of rotatable bonds is 5. The summed E-state index contributed by atoms with van der Waals surface area (Å²) >= 11 is 0. The predicted molar refractivity (Wildman–Crippen MR) is 53.2 cm³/mol. The van der Waals surface area contributed by atoms with Crippen LogP contribution in [0.3, 0.4) is 0 Å². The minimum atomic E-state index is -0.588. The van der Waals surface area contributed by atoms with E-state index in [1.54, 1.807) is 0 Å². The van der Waals surface area contributed by atoms with Crippen LogP contribution < -0.4 is 11.1 Å². The molecule has 14 heavy (non-hydrogen) atoms. The van der Waals surface area contributed by atoms with Crippen LogP contribution in [0.1, 0.15) is 38.5 Å². The summed E-state index contributed by atoms with van der Waals surface area (Å²) < 4.78 is 0. The van der Waals surface area contributed by atoms with Gasteiger partial charge >= 0.3 is 0 Å². The lowest BCUT2D eigenvalue weighted by Gasteiger charge is -2.36. The molecule has 0 radical (unpaired) electrons. The fourth-order valence-electron chi connectivity index (χ4n) is 1.49. The van der Waals surface area contributed by atoms with Crippen LogP contribution in [0.4, 0.5) is 0 Å².